The zero-order valence-electron chi connectivity index (χ0n) is 11.6. The van der Waals surface area contributed by atoms with Crippen molar-refractivity contribution in [1.29, 1.82) is 0 Å². The van der Waals surface area contributed by atoms with Gasteiger partial charge in [0.25, 0.3) is 0 Å². The largest absolute Gasteiger partial charge is 0.872 e. The van der Waals surface area contributed by atoms with E-state index in [-0.39, 0.29) is 11.2 Å². The van der Waals surface area contributed by atoms with Gasteiger partial charge in [0.1, 0.15) is 11.3 Å². The SMILES string of the molecule is O=c1ccc2c(-c3ccccc3)c3ccc([O-])cc3oc-2c1. The Balaban J connectivity index is 2.21. The Morgan fingerprint density at radius 2 is 1.68 bits per heavy atom. The third-order valence-electron chi connectivity index (χ3n) is 3.73. The van der Waals surface area contributed by atoms with E-state index in [0.717, 1.165) is 22.1 Å². The maximum absolute atomic E-state index is 11.6. The molecule has 2 aromatic rings. The molecule has 0 amide bonds. The number of hydrogen-bond acceptors (Lipinski definition) is 3. The first-order valence-corrected chi connectivity index (χ1v) is 6.95. The zero-order chi connectivity index (χ0) is 15.1. The van der Waals surface area contributed by atoms with Crippen LogP contribution in [0, 0.1) is 0 Å². The maximum Gasteiger partial charge on any atom is 0.182 e. The molecule has 106 valence electrons. The lowest BCUT2D eigenvalue weighted by Crippen LogP contribution is -2.00. The second kappa shape index (κ2) is 4.74. The first-order chi connectivity index (χ1) is 10.7. The Morgan fingerprint density at radius 3 is 2.50 bits per heavy atom. The summed E-state index contributed by atoms with van der Waals surface area (Å²) in [7, 11) is 0. The van der Waals surface area contributed by atoms with Gasteiger partial charge >= 0.3 is 0 Å². The highest BCUT2D eigenvalue weighted by molar-refractivity contribution is 6.01. The van der Waals surface area contributed by atoms with E-state index in [9.17, 15) is 9.90 Å². The molecule has 0 fully saturated rings. The summed E-state index contributed by atoms with van der Waals surface area (Å²) in [6.07, 6.45) is 0. The summed E-state index contributed by atoms with van der Waals surface area (Å²) in [6, 6.07) is 19.4. The molecule has 4 rings (SSSR count). The zero-order valence-corrected chi connectivity index (χ0v) is 11.6. The average molecular weight is 287 g/mol. The summed E-state index contributed by atoms with van der Waals surface area (Å²) in [6.45, 7) is 0. The van der Waals surface area contributed by atoms with E-state index in [2.05, 4.69) is 0 Å². The molecule has 3 heteroatoms. The summed E-state index contributed by atoms with van der Waals surface area (Å²) < 4.78 is 5.77. The topological polar surface area (TPSA) is 53.3 Å². The van der Waals surface area contributed by atoms with Gasteiger partial charge < -0.3 is 9.52 Å². The van der Waals surface area contributed by atoms with Gasteiger partial charge in [0.05, 0.1) is 0 Å². The third kappa shape index (κ3) is 1.95. The van der Waals surface area contributed by atoms with Crippen LogP contribution in [0.2, 0.25) is 0 Å². The van der Waals surface area contributed by atoms with Gasteiger partial charge in [0.2, 0.25) is 0 Å². The first kappa shape index (κ1) is 12.7. The van der Waals surface area contributed by atoms with Gasteiger partial charge in [0.15, 0.2) is 5.43 Å². The van der Waals surface area contributed by atoms with Gasteiger partial charge in [-0.15, -0.1) is 5.75 Å². The van der Waals surface area contributed by atoms with Gasteiger partial charge in [-0.2, -0.15) is 0 Å². The van der Waals surface area contributed by atoms with Crippen molar-refractivity contribution in [2.75, 3.05) is 0 Å². The molecule has 0 N–H and O–H groups in total. The summed E-state index contributed by atoms with van der Waals surface area (Å²) in [4.78, 5) is 11.6. The lowest BCUT2D eigenvalue weighted by Gasteiger charge is -2.16. The molecule has 0 aromatic heterocycles. The summed E-state index contributed by atoms with van der Waals surface area (Å²) in [5.74, 6) is 0.373. The Hall–Kier alpha value is -3.07. The van der Waals surface area contributed by atoms with Crippen molar-refractivity contribution in [3.05, 3.63) is 77.0 Å². The quantitative estimate of drug-likeness (QED) is 0.502. The van der Waals surface area contributed by atoms with Crippen LogP contribution in [0.1, 0.15) is 0 Å². The number of rotatable bonds is 1. The van der Waals surface area contributed by atoms with Crippen molar-refractivity contribution < 1.29 is 9.52 Å². The molecular weight excluding hydrogens is 276 g/mol. The fraction of sp³-hybridized carbons (Fsp3) is 0. The smallest absolute Gasteiger partial charge is 0.182 e. The number of fused-ring (bicyclic) bond motifs is 2. The van der Waals surface area contributed by atoms with Crippen LogP contribution < -0.4 is 10.5 Å². The van der Waals surface area contributed by atoms with Gasteiger partial charge in [-0.25, -0.2) is 0 Å². The standard InChI is InChI=1S/C19H12O3/c20-13-6-8-15-17(10-13)22-18-11-14(21)7-9-16(18)19(15)12-4-2-1-3-5-12/h1-11,20H/p-1. The highest BCUT2D eigenvalue weighted by Gasteiger charge is 2.16. The van der Waals surface area contributed by atoms with Gasteiger partial charge in [-0.3, -0.25) is 4.79 Å². The van der Waals surface area contributed by atoms with Crippen LogP contribution in [0.25, 0.3) is 33.4 Å². The van der Waals surface area contributed by atoms with E-state index in [1.54, 1.807) is 12.1 Å². The molecule has 1 aliphatic carbocycles. The molecule has 22 heavy (non-hydrogen) atoms. The van der Waals surface area contributed by atoms with Crippen LogP contribution in [0.5, 0.6) is 5.75 Å². The third-order valence-corrected chi connectivity index (χ3v) is 3.73. The van der Waals surface area contributed by atoms with E-state index in [4.69, 9.17) is 4.42 Å². The molecule has 0 unspecified atom stereocenters. The number of hydrogen-bond donors (Lipinski definition) is 0. The van der Waals surface area contributed by atoms with Crippen LogP contribution in [-0.4, -0.2) is 0 Å². The molecule has 1 aliphatic heterocycles. The summed E-state index contributed by atoms with van der Waals surface area (Å²) in [5, 5.41) is 12.5. The van der Waals surface area contributed by atoms with Crippen LogP contribution in [0.3, 0.4) is 0 Å². The Bertz CT molecular complexity index is 1000. The van der Waals surface area contributed by atoms with E-state index in [0.29, 0.717) is 11.3 Å². The maximum atomic E-state index is 11.6. The molecule has 2 aliphatic rings. The van der Waals surface area contributed by atoms with Crippen molar-refractivity contribution in [2.45, 2.75) is 0 Å². The predicted molar refractivity (Wildman–Crippen MR) is 84.0 cm³/mol. The second-order valence-electron chi connectivity index (χ2n) is 5.16. The number of benzene rings is 3. The minimum atomic E-state index is -0.118. The van der Waals surface area contributed by atoms with Crippen LogP contribution in [0.15, 0.2) is 75.9 Å². The normalized spacial score (nSPS) is 11.1. The minimum absolute atomic E-state index is 0.118. The highest BCUT2D eigenvalue weighted by Crippen LogP contribution is 2.40. The summed E-state index contributed by atoms with van der Waals surface area (Å²) >= 11 is 0. The Kier molecular flexibility index (Phi) is 2.73. The highest BCUT2D eigenvalue weighted by atomic mass is 16.3. The molecule has 0 bridgehead atoms. The molecule has 0 saturated carbocycles. The monoisotopic (exact) mass is 287 g/mol. The minimum Gasteiger partial charge on any atom is -0.872 e. The molecule has 3 nitrogen and oxygen atoms in total. The van der Waals surface area contributed by atoms with Crippen molar-refractivity contribution in [2.24, 2.45) is 0 Å². The van der Waals surface area contributed by atoms with Crippen molar-refractivity contribution in [1.82, 2.24) is 0 Å². The fourth-order valence-electron chi connectivity index (χ4n) is 2.77. The molecule has 0 spiro atoms. The van der Waals surface area contributed by atoms with Gasteiger partial charge in [-0.05, 0) is 23.8 Å². The fourth-order valence-corrected chi connectivity index (χ4v) is 2.77. The molecule has 0 saturated heterocycles. The van der Waals surface area contributed by atoms with Crippen LogP contribution in [-0.2, 0) is 0 Å². The van der Waals surface area contributed by atoms with E-state index in [1.807, 2.05) is 30.3 Å². The molecular formula is C19H11O3-. The van der Waals surface area contributed by atoms with Crippen molar-refractivity contribution >= 4 is 11.0 Å². The van der Waals surface area contributed by atoms with E-state index < -0.39 is 0 Å². The van der Waals surface area contributed by atoms with Crippen LogP contribution in [0.4, 0.5) is 0 Å². The Morgan fingerprint density at radius 1 is 0.864 bits per heavy atom. The average Bonchev–Trinajstić information content (AvgIpc) is 2.53. The van der Waals surface area contributed by atoms with Crippen LogP contribution >= 0.6 is 0 Å². The lowest BCUT2D eigenvalue weighted by atomic mass is 9.94. The van der Waals surface area contributed by atoms with E-state index in [1.165, 1.54) is 24.3 Å². The van der Waals surface area contributed by atoms with Crippen molar-refractivity contribution in [3.63, 3.8) is 0 Å². The molecule has 0 radical (unpaired) electrons. The van der Waals surface area contributed by atoms with Gasteiger partial charge in [0, 0.05) is 22.6 Å². The molecule has 1 heterocycles. The molecule has 0 atom stereocenters. The lowest BCUT2D eigenvalue weighted by molar-refractivity contribution is -0.268. The van der Waals surface area contributed by atoms with Gasteiger partial charge in [-0.1, -0.05) is 42.5 Å². The second-order valence-corrected chi connectivity index (χ2v) is 5.16. The van der Waals surface area contributed by atoms with Crippen molar-refractivity contribution in [3.8, 4) is 28.2 Å². The van der Waals surface area contributed by atoms with E-state index >= 15 is 0 Å². The first-order valence-electron chi connectivity index (χ1n) is 6.95. The summed E-state index contributed by atoms with van der Waals surface area (Å²) in [5.41, 5.74) is 3.22. The predicted octanol–water partition coefficient (Wildman–Crippen LogP) is 3.64. The molecule has 2 aromatic carbocycles. The Labute approximate surface area is 126 Å².